The Kier molecular flexibility index (Phi) is 5.22. The Balaban J connectivity index is 1.95. The number of hydrogen-bond acceptors (Lipinski definition) is 3. The van der Waals surface area contributed by atoms with Gasteiger partial charge in [0.1, 0.15) is 11.6 Å². The van der Waals surface area contributed by atoms with Gasteiger partial charge in [-0.25, -0.2) is 9.78 Å². The summed E-state index contributed by atoms with van der Waals surface area (Å²) >= 11 is 11.8. The van der Waals surface area contributed by atoms with E-state index >= 15 is 0 Å². The van der Waals surface area contributed by atoms with Gasteiger partial charge in [0.05, 0.1) is 5.56 Å². The van der Waals surface area contributed by atoms with Crippen molar-refractivity contribution in [2.75, 3.05) is 0 Å². The number of halogens is 2. The Morgan fingerprint density at radius 3 is 2.08 bits per heavy atom. The molecule has 0 aliphatic carbocycles. The molecule has 0 aliphatic rings. The average molecular weight is 373 g/mol. The van der Waals surface area contributed by atoms with E-state index in [9.17, 15) is 4.79 Å². The van der Waals surface area contributed by atoms with Gasteiger partial charge in [-0.05, 0) is 48.5 Å². The van der Waals surface area contributed by atoms with E-state index in [0.29, 0.717) is 27.2 Å². The minimum absolute atomic E-state index is 0.380. The lowest BCUT2D eigenvalue weighted by atomic mass is 10.1. The van der Waals surface area contributed by atoms with E-state index in [1.807, 2.05) is 17.8 Å². The number of hydrogen-bond donors (Lipinski definition) is 0. The van der Waals surface area contributed by atoms with Crippen LogP contribution in [0.3, 0.4) is 0 Å². The number of aromatic nitrogens is 2. The van der Waals surface area contributed by atoms with E-state index in [4.69, 9.17) is 27.9 Å². The highest BCUT2D eigenvalue weighted by Gasteiger charge is 2.13. The van der Waals surface area contributed by atoms with Crippen LogP contribution in [0.25, 0.3) is 11.8 Å². The highest BCUT2D eigenvalue weighted by Crippen LogP contribution is 2.23. The molecule has 3 rings (SSSR count). The third kappa shape index (κ3) is 4.29. The van der Waals surface area contributed by atoms with Crippen molar-refractivity contribution in [3.05, 3.63) is 87.9 Å². The number of nitrogens with zero attached hydrogens (tertiary/aromatic N) is 2. The van der Waals surface area contributed by atoms with E-state index in [-0.39, 0.29) is 0 Å². The molecule has 0 aliphatic heterocycles. The van der Waals surface area contributed by atoms with Gasteiger partial charge in [0.15, 0.2) is 0 Å². The first-order chi connectivity index (χ1) is 12.0. The average Bonchev–Trinajstić information content (AvgIpc) is 3.00. The minimum atomic E-state index is -0.480. The van der Waals surface area contributed by atoms with Crippen LogP contribution >= 0.6 is 23.2 Å². The van der Waals surface area contributed by atoms with E-state index in [0.717, 1.165) is 5.56 Å². The molecule has 0 spiro atoms. The van der Waals surface area contributed by atoms with Crippen LogP contribution in [0, 0.1) is 0 Å². The lowest BCUT2D eigenvalue weighted by molar-refractivity contribution is 0.0693. The summed E-state index contributed by atoms with van der Waals surface area (Å²) in [6, 6.07) is 13.6. The number of esters is 1. The number of ether oxygens (including phenoxy) is 1. The summed E-state index contributed by atoms with van der Waals surface area (Å²) in [6.07, 6.45) is 5.19. The number of aryl methyl sites for hydroxylation is 1. The fourth-order valence-electron chi connectivity index (χ4n) is 2.16. The van der Waals surface area contributed by atoms with Crippen molar-refractivity contribution in [2.45, 2.75) is 0 Å². The second kappa shape index (κ2) is 7.55. The lowest BCUT2D eigenvalue weighted by Crippen LogP contribution is -2.05. The van der Waals surface area contributed by atoms with Crippen molar-refractivity contribution in [3.8, 4) is 0 Å². The molecule has 1 aromatic heterocycles. The highest BCUT2D eigenvalue weighted by molar-refractivity contribution is 6.31. The first-order valence-corrected chi connectivity index (χ1v) is 8.21. The van der Waals surface area contributed by atoms with Gasteiger partial charge in [0, 0.05) is 41.1 Å². The topological polar surface area (TPSA) is 44.1 Å². The van der Waals surface area contributed by atoms with Crippen molar-refractivity contribution in [3.63, 3.8) is 0 Å². The largest absolute Gasteiger partial charge is 0.422 e. The maximum absolute atomic E-state index is 12.5. The third-order valence-electron chi connectivity index (χ3n) is 3.53. The molecule has 1 heterocycles. The maximum atomic E-state index is 12.5. The zero-order chi connectivity index (χ0) is 17.8. The molecule has 0 bridgehead atoms. The second-order valence-corrected chi connectivity index (χ2v) is 6.18. The number of carbonyl (C=O) groups excluding carboxylic acids is 1. The van der Waals surface area contributed by atoms with Gasteiger partial charge >= 0.3 is 5.97 Å². The number of carbonyl (C=O) groups is 1. The molecule has 0 unspecified atom stereocenters. The van der Waals surface area contributed by atoms with Crippen LogP contribution in [0.2, 0.25) is 10.0 Å². The molecule has 0 saturated heterocycles. The molecule has 0 fully saturated rings. The molecule has 0 atom stereocenters. The zero-order valence-corrected chi connectivity index (χ0v) is 14.8. The molecular formula is C19H14Cl2N2O2. The summed E-state index contributed by atoms with van der Waals surface area (Å²) < 4.78 is 7.44. The molecule has 3 aromatic rings. The van der Waals surface area contributed by atoms with Gasteiger partial charge < -0.3 is 9.30 Å². The molecule has 4 nitrogen and oxygen atoms in total. The fourth-order valence-corrected chi connectivity index (χ4v) is 2.42. The number of imidazole rings is 1. The van der Waals surface area contributed by atoms with E-state index < -0.39 is 5.97 Å². The summed E-state index contributed by atoms with van der Waals surface area (Å²) in [5.74, 6) is 0.562. The predicted octanol–water partition coefficient (Wildman–Crippen LogP) is 5.08. The lowest BCUT2D eigenvalue weighted by Gasteiger charge is -2.10. The Bertz CT molecular complexity index is 913. The van der Waals surface area contributed by atoms with Gasteiger partial charge in [-0.1, -0.05) is 23.2 Å². The molecule has 0 saturated carbocycles. The quantitative estimate of drug-likeness (QED) is 0.473. The van der Waals surface area contributed by atoms with Crippen LogP contribution in [-0.4, -0.2) is 15.5 Å². The molecule has 6 heteroatoms. The van der Waals surface area contributed by atoms with E-state index in [1.54, 1.807) is 60.8 Å². The molecule has 25 heavy (non-hydrogen) atoms. The smallest absolute Gasteiger partial charge is 0.343 e. The van der Waals surface area contributed by atoms with Crippen molar-refractivity contribution in [2.24, 2.45) is 7.05 Å². The molecule has 0 N–H and O–H groups in total. The van der Waals surface area contributed by atoms with Crippen molar-refractivity contribution < 1.29 is 9.53 Å². The predicted molar refractivity (Wildman–Crippen MR) is 99.4 cm³/mol. The van der Waals surface area contributed by atoms with Gasteiger partial charge in [-0.2, -0.15) is 0 Å². The summed E-state index contributed by atoms with van der Waals surface area (Å²) in [7, 11) is 1.86. The van der Waals surface area contributed by atoms with Crippen molar-refractivity contribution >= 4 is 41.0 Å². The molecule has 2 aromatic carbocycles. The summed E-state index contributed by atoms with van der Waals surface area (Å²) in [5, 5.41) is 1.15. The molecular weight excluding hydrogens is 359 g/mol. The summed E-state index contributed by atoms with van der Waals surface area (Å²) in [4.78, 5) is 16.7. The van der Waals surface area contributed by atoms with Crippen LogP contribution < -0.4 is 0 Å². The Hall–Kier alpha value is -2.56. The molecule has 126 valence electrons. The zero-order valence-electron chi connectivity index (χ0n) is 13.3. The fraction of sp³-hybridized carbons (Fsp3) is 0.0526. The Morgan fingerprint density at radius 2 is 1.56 bits per heavy atom. The van der Waals surface area contributed by atoms with Crippen LogP contribution in [0.1, 0.15) is 21.7 Å². The van der Waals surface area contributed by atoms with Gasteiger partial charge in [0.25, 0.3) is 0 Å². The van der Waals surface area contributed by atoms with Crippen LogP contribution in [-0.2, 0) is 11.8 Å². The molecule has 0 radical (unpaired) electrons. The second-order valence-electron chi connectivity index (χ2n) is 5.31. The van der Waals surface area contributed by atoms with Crippen LogP contribution in [0.15, 0.2) is 60.9 Å². The number of rotatable bonds is 4. The first kappa shape index (κ1) is 17.3. The molecule has 0 amide bonds. The Labute approximate surface area is 155 Å². The summed E-state index contributed by atoms with van der Waals surface area (Å²) in [5.41, 5.74) is 1.12. The van der Waals surface area contributed by atoms with Gasteiger partial charge in [-0.3, -0.25) is 0 Å². The normalized spacial score (nSPS) is 11.4. The Morgan fingerprint density at radius 1 is 1.00 bits per heavy atom. The van der Waals surface area contributed by atoms with Gasteiger partial charge in [-0.15, -0.1) is 0 Å². The van der Waals surface area contributed by atoms with Crippen LogP contribution in [0.4, 0.5) is 0 Å². The van der Waals surface area contributed by atoms with Crippen molar-refractivity contribution in [1.29, 1.82) is 0 Å². The SMILES string of the molecule is Cn1ccnc1/C=C(\OC(=O)c1ccc(Cl)cc1)c1ccc(Cl)cc1. The van der Waals surface area contributed by atoms with Gasteiger partial charge in [0.2, 0.25) is 0 Å². The number of benzene rings is 2. The summed E-state index contributed by atoms with van der Waals surface area (Å²) in [6.45, 7) is 0. The van der Waals surface area contributed by atoms with Crippen molar-refractivity contribution in [1.82, 2.24) is 9.55 Å². The standard InChI is InChI=1S/C19H14Cl2N2O2/c1-23-11-10-22-18(23)12-17(13-2-6-15(20)7-3-13)25-19(24)14-4-8-16(21)9-5-14/h2-12H,1H3/b17-12-. The minimum Gasteiger partial charge on any atom is -0.422 e. The third-order valence-corrected chi connectivity index (χ3v) is 4.03. The van der Waals surface area contributed by atoms with Crippen LogP contribution in [0.5, 0.6) is 0 Å². The van der Waals surface area contributed by atoms with E-state index in [1.165, 1.54) is 0 Å². The maximum Gasteiger partial charge on any atom is 0.343 e. The highest BCUT2D eigenvalue weighted by atomic mass is 35.5. The monoisotopic (exact) mass is 372 g/mol. The van der Waals surface area contributed by atoms with E-state index in [2.05, 4.69) is 4.98 Å². The first-order valence-electron chi connectivity index (χ1n) is 7.45.